The Bertz CT molecular complexity index is 625. The van der Waals surface area contributed by atoms with Gasteiger partial charge in [0.1, 0.15) is 0 Å². The van der Waals surface area contributed by atoms with E-state index in [2.05, 4.69) is 36.3 Å². The lowest BCUT2D eigenvalue weighted by atomic mass is 10.1. The summed E-state index contributed by atoms with van der Waals surface area (Å²) < 4.78 is 1.97. The molecule has 0 spiro atoms. The van der Waals surface area contributed by atoms with Crippen molar-refractivity contribution in [2.24, 2.45) is 0 Å². The van der Waals surface area contributed by atoms with Gasteiger partial charge in [0.2, 0.25) is 5.91 Å². The standard InChI is InChI=1S/C15H19N3O2S/c1-11-3-4-13(9-12(11)2)18-7-5-17-15(18)21-10-14(20)16-6-8-19/h3-5,7,9,19H,6,8,10H2,1-2H3,(H,16,20). The predicted octanol–water partition coefficient (Wildman–Crippen LogP) is 1.69. The van der Waals surface area contributed by atoms with E-state index in [1.165, 1.54) is 22.9 Å². The molecule has 6 heteroatoms. The van der Waals surface area contributed by atoms with Crippen LogP contribution in [0.1, 0.15) is 11.1 Å². The van der Waals surface area contributed by atoms with E-state index in [4.69, 9.17) is 5.11 Å². The van der Waals surface area contributed by atoms with Crippen molar-refractivity contribution in [3.8, 4) is 5.69 Å². The molecule has 1 amide bonds. The van der Waals surface area contributed by atoms with Gasteiger partial charge >= 0.3 is 0 Å². The van der Waals surface area contributed by atoms with Crippen LogP contribution in [0.3, 0.4) is 0 Å². The highest BCUT2D eigenvalue weighted by Crippen LogP contribution is 2.21. The number of amides is 1. The van der Waals surface area contributed by atoms with Gasteiger partial charge in [0, 0.05) is 24.6 Å². The van der Waals surface area contributed by atoms with Gasteiger partial charge in [-0.25, -0.2) is 4.98 Å². The van der Waals surface area contributed by atoms with Crippen molar-refractivity contribution in [3.05, 3.63) is 41.7 Å². The molecule has 0 saturated carbocycles. The number of aryl methyl sites for hydroxylation is 2. The Morgan fingerprint density at radius 1 is 1.38 bits per heavy atom. The van der Waals surface area contributed by atoms with E-state index in [9.17, 15) is 4.79 Å². The molecule has 0 fully saturated rings. The Morgan fingerprint density at radius 2 is 2.19 bits per heavy atom. The first kappa shape index (κ1) is 15.6. The third-order valence-electron chi connectivity index (χ3n) is 3.14. The first-order chi connectivity index (χ1) is 10.1. The summed E-state index contributed by atoms with van der Waals surface area (Å²) in [5.41, 5.74) is 3.50. The second-order valence-corrected chi connectivity index (χ2v) is 5.65. The van der Waals surface area contributed by atoms with Crippen LogP contribution in [0.15, 0.2) is 35.7 Å². The summed E-state index contributed by atoms with van der Waals surface area (Å²) in [5, 5.41) is 12.1. The van der Waals surface area contributed by atoms with Crippen LogP contribution in [0, 0.1) is 13.8 Å². The maximum absolute atomic E-state index is 11.6. The van der Waals surface area contributed by atoms with E-state index in [1.807, 2.05) is 16.8 Å². The topological polar surface area (TPSA) is 67.2 Å². The van der Waals surface area contributed by atoms with E-state index in [1.54, 1.807) is 6.20 Å². The molecule has 0 saturated heterocycles. The van der Waals surface area contributed by atoms with Gasteiger partial charge in [0.05, 0.1) is 12.4 Å². The molecule has 2 aromatic rings. The van der Waals surface area contributed by atoms with Gasteiger partial charge in [-0.2, -0.15) is 0 Å². The van der Waals surface area contributed by atoms with Crippen LogP contribution >= 0.6 is 11.8 Å². The highest BCUT2D eigenvalue weighted by molar-refractivity contribution is 7.99. The third kappa shape index (κ3) is 4.09. The van der Waals surface area contributed by atoms with Gasteiger partial charge in [-0.3, -0.25) is 9.36 Å². The lowest BCUT2D eigenvalue weighted by Crippen LogP contribution is -2.28. The molecule has 5 nitrogen and oxygen atoms in total. The number of benzene rings is 1. The predicted molar refractivity (Wildman–Crippen MR) is 83.9 cm³/mol. The smallest absolute Gasteiger partial charge is 0.230 e. The quantitative estimate of drug-likeness (QED) is 0.797. The Kier molecular flexibility index (Phi) is 5.41. The minimum Gasteiger partial charge on any atom is -0.395 e. The Balaban J connectivity index is 2.08. The van der Waals surface area contributed by atoms with Gasteiger partial charge in [-0.05, 0) is 37.1 Å². The van der Waals surface area contributed by atoms with Gasteiger partial charge in [0.15, 0.2) is 5.16 Å². The second-order valence-electron chi connectivity index (χ2n) is 4.71. The number of nitrogens with one attached hydrogen (secondary N) is 1. The van der Waals surface area contributed by atoms with Crippen LogP contribution in [0.2, 0.25) is 0 Å². The Labute approximate surface area is 128 Å². The Morgan fingerprint density at radius 3 is 2.90 bits per heavy atom. The first-order valence-corrected chi connectivity index (χ1v) is 7.71. The second kappa shape index (κ2) is 7.28. The first-order valence-electron chi connectivity index (χ1n) is 6.73. The summed E-state index contributed by atoms with van der Waals surface area (Å²) in [6, 6.07) is 6.22. The minimum absolute atomic E-state index is 0.0479. The number of hydrogen-bond acceptors (Lipinski definition) is 4. The molecule has 2 N–H and O–H groups in total. The fourth-order valence-corrected chi connectivity index (χ4v) is 2.65. The van der Waals surface area contributed by atoms with Crippen molar-refractivity contribution in [2.75, 3.05) is 18.9 Å². The van der Waals surface area contributed by atoms with Crippen LogP contribution in [0.25, 0.3) is 5.69 Å². The molecule has 0 aliphatic rings. The molecule has 2 rings (SSSR count). The largest absolute Gasteiger partial charge is 0.395 e. The monoisotopic (exact) mass is 305 g/mol. The lowest BCUT2D eigenvalue weighted by Gasteiger charge is -2.09. The maximum Gasteiger partial charge on any atom is 0.230 e. The summed E-state index contributed by atoms with van der Waals surface area (Å²) in [6.45, 7) is 4.39. The van der Waals surface area contributed by atoms with E-state index in [-0.39, 0.29) is 24.8 Å². The molecule has 0 aliphatic carbocycles. The van der Waals surface area contributed by atoms with E-state index in [0.717, 1.165) is 10.8 Å². The molecule has 0 bridgehead atoms. The molecule has 1 aromatic heterocycles. The van der Waals surface area contributed by atoms with Gasteiger partial charge in [-0.15, -0.1) is 0 Å². The van der Waals surface area contributed by atoms with Crippen molar-refractivity contribution in [1.82, 2.24) is 14.9 Å². The number of aliphatic hydroxyl groups is 1. The summed E-state index contributed by atoms with van der Waals surface area (Å²) in [5.74, 6) is 0.172. The molecule has 0 aliphatic heterocycles. The number of rotatable bonds is 6. The fraction of sp³-hybridized carbons (Fsp3) is 0.333. The molecule has 21 heavy (non-hydrogen) atoms. The zero-order valence-electron chi connectivity index (χ0n) is 12.2. The van der Waals surface area contributed by atoms with Crippen LogP contribution in [0.5, 0.6) is 0 Å². The van der Waals surface area contributed by atoms with Crippen molar-refractivity contribution < 1.29 is 9.90 Å². The maximum atomic E-state index is 11.6. The number of nitrogens with zero attached hydrogens (tertiary/aromatic N) is 2. The number of carbonyl (C=O) groups is 1. The summed E-state index contributed by atoms with van der Waals surface area (Å²) in [7, 11) is 0. The zero-order chi connectivity index (χ0) is 15.2. The van der Waals surface area contributed by atoms with Crippen LogP contribution in [0.4, 0.5) is 0 Å². The average molecular weight is 305 g/mol. The van der Waals surface area contributed by atoms with Crippen LogP contribution in [-0.2, 0) is 4.79 Å². The molecule has 1 heterocycles. The number of carbonyl (C=O) groups excluding carboxylic acids is 1. The van der Waals surface area contributed by atoms with E-state index in [0.29, 0.717) is 0 Å². The highest BCUT2D eigenvalue weighted by atomic mass is 32.2. The number of thioether (sulfide) groups is 1. The van der Waals surface area contributed by atoms with E-state index >= 15 is 0 Å². The normalized spacial score (nSPS) is 10.6. The average Bonchev–Trinajstić information content (AvgIpc) is 2.94. The van der Waals surface area contributed by atoms with Crippen molar-refractivity contribution in [3.63, 3.8) is 0 Å². The fourth-order valence-electron chi connectivity index (χ4n) is 1.84. The molecule has 112 valence electrons. The summed E-state index contributed by atoms with van der Waals surface area (Å²) >= 11 is 1.38. The zero-order valence-corrected chi connectivity index (χ0v) is 13.0. The van der Waals surface area contributed by atoms with Gasteiger partial charge in [-0.1, -0.05) is 17.8 Å². The Hall–Kier alpha value is -1.79. The molecule has 1 aromatic carbocycles. The molecular formula is C15H19N3O2S. The summed E-state index contributed by atoms with van der Waals surface area (Å²) in [4.78, 5) is 15.9. The number of aromatic nitrogens is 2. The highest BCUT2D eigenvalue weighted by Gasteiger charge is 2.09. The lowest BCUT2D eigenvalue weighted by molar-refractivity contribution is -0.118. The minimum atomic E-state index is -0.108. The van der Waals surface area contributed by atoms with E-state index < -0.39 is 0 Å². The SMILES string of the molecule is Cc1ccc(-n2ccnc2SCC(=O)NCCO)cc1C. The number of imidazole rings is 1. The molecule has 0 atom stereocenters. The van der Waals surface area contributed by atoms with Crippen molar-refractivity contribution in [2.45, 2.75) is 19.0 Å². The van der Waals surface area contributed by atoms with Gasteiger partial charge < -0.3 is 10.4 Å². The molecule has 0 radical (unpaired) electrons. The van der Waals surface area contributed by atoms with Gasteiger partial charge in [0.25, 0.3) is 0 Å². The molecular weight excluding hydrogens is 286 g/mol. The third-order valence-corrected chi connectivity index (χ3v) is 4.11. The summed E-state index contributed by atoms with van der Waals surface area (Å²) in [6.07, 6.45) is 3.61. The molecule has 0 unspecified atom stereocenters. The van der Waals surface area contributed by atoms with Crippen molar-refractivity contribution in [1.29, 1.82) is 0 Å². The number of aliphatic hydroxyl groups excluding tert-OH is 1. The van der Waals surface area contributed by atoms with Crippen LogP contribution in [-0.4, -0.2) is 39.5 Å². The van der Waals surface area contributed by atoms with Crippen LogP contribution < -0.4 is 5.32 Å². The number of hydrogen-bond donors (Lipinski definition) is 2. The van der Waals surface area contributed by atoms with Crippen molar-refractivity contribution >= 4 is 17.7 Å².